The molecule has 4 nitrogen and oxygen atoms in total. The van der Waals surface area contributed by atoms with Crippen molar-refractivity contribution >= 4 is 0 Å². The predicted molar refractivity (Wildman–Crippen MR) is 214 cm³/mol. The van der Waals surface area contributed by atoms with Crippen LogP contribution < -0.4 is 9.47 Å². The minimum Gasteiger partial charge on any atom is -0.477 e. The van der Waals surface area contributed by atoms with Crippen LogP contribution in [0.25, 0.3) is 0 Å². The van der Waals surface area contributed by atoms with E-state index in [0.29, 0.717) is 11.8 Å². The summed E-state index contributed by atoms with van der Waals surface area (Å²) in [6, 6.07) is 0. The van der Waals surface area contributed by atoms with E-state index in [4.69, 9.17) is 9.47 Å². The number of nitrogens with zero attached hydrogens (tertiary/aromatic N) is 2. The Balaban J connectivity index is 1.22. The van der Waals surface area contributed by atoms with E-state index < -0.39 is 0 Å². The summed E-state index contributed by atoms with van der Waals surface area (Å²) in [5.41, 5.74) is 6.25. The average Bonchev–Trinajstić information content (AvgIpc) is 3.16. The molecule has 0 N–H and O–H groups in total. The molecule has 0 radical (unpaired) electrons. The number of hydrogen-bond acceptors (Lipinski definition) is 4. The van der Waals surface area contributed by atoms with E-state index >= 15 is 0 Å². The zero-order valence-electron chi connectivity index (χ0n) is 33.3. The molecular weight excluding hydrogens is 613 g/mol. The second kappa shape index (κ2) is 23.4. The molecule has 2 aliphatic heterocycles. The zero-order chi connectivity index (χ0) is 34.6. The van der Waals surface area contributed by atoms with Gasteiger partial charge < -0.3 is 9.47 Å². The van der Waals surface area contributed by atoms with Crippen LogP contribution in [0.15, 0.2) is 0 Å². The molecule has 1 aromatic carbocycles. The maximum atomic E-state index is 7.01. The van der Waals surface area contributed by atoms with Crippen molar-refractivity contribution in [1.29, 1.82) is 0 Å². The Hall–Kier alpha value is -1.26. The Bertz CT molecular complexity index is 975. The molecule has 50 heavy (non-hydrogen) atoms. The highest BCUT2D eigenvalue weighted by atomic mass is 16.5. The third-order valence-corrected chi connectivity index (χ3v) is 12.9. The molecular formula is C46H80N2O2. The van der Waals surface area contributed by atoms with Crippen molar-refractivity contribution in [3.8, 4) is 11.5 Å². The second-order valence-corrected chi connectivity index (χ2v) is 17.1. The van der Waals surface area contributed by atoms with Gasteiger partial charge in [0.15, 0.2) is 0 Å². The summed E-state index contributed by atoms with van der Waals surface area (Å²) in [5, 5.41) is 0. The third kappa shape index (κ3) is 12.4. The van der Waals surface area contributed by atoms with Crippen molar-refractivity contribution in [2.24, 2.45) is 0 Å². The normalized spacial score (nSPS) is 19.2. The number of unbranched alkanes of at least 4 members (excludes halogenated alkanes) is 18. The fourth-order valence-electron chi connectivity index (χ4n) is 9.92. The van der Waals surface area contributed by atoms with Crippen LogP contribution in [0.5, 0.6) is 11.5 Å². The molecule has 0 atom stereocenters. The van der Waals surface area contributed by atoms with Gasteiger partial charge in [0.1, 0.15) is 25.0 Å². The minimum absolute atomic E-state index is 0.640. The van der Waals surface area contributed by atoms with Gasteiger partial charge in [0.25, 0.3) is 0 Å². The molecule has 2 heterocycles. The summed E-state index contributed by atoms with van der Waals surface area (Å²) in [4.78, 5) is 5.27. The number of ether oxygens (including phenoxy) is 2. The lowest BCUT2D eigenvalue weighted by Gasteiger charge is -2.41. The van der Waals surface area contributed by atoms with E-state index in [1.165, 1.54) is 228 Å². The second-order valence-electron chi connectivity index (χ2n) is 17.1. The van der Waals surface area contributed by atoms with Crippen LogP contribution in [-0.4, -0.2) is 36.4 Å². The van der Waals surface area contributed by atoms with E-state index in [1.807, 2.05) is 0 Å². The van der Waals surface area contributed by atoms with Crippen LogP contribution in [0, 0.1) is 0 Å². The smallest absolute Gasteiger partial charge is 0.142 e. The SMILES string of the molecule is CCCCCCCCCCCCN1COc2c(c(C3CCCCC3)c3c(c2C2CCCCC2)CN(CCCCCCCCCCCC)CO3)C1. The van der Waals surface area contributed by atoms with Gasteiger partial charge in [0, 0.05) is 48.4 Å². The Morgan fingerprint density at radius 1 is 0.420 bits per heavy atom. The summed E-state index contributed by atoms with van der Waals surface area (Å²) in [6.07, 6.45) is 41.6. The molecule has 0 unspecified atom stereocenters. The van der Waals surface area contributed by atoms with Gasteiger partial charge in [0.2, 0.25) is 0 Å². The highest BCUT2D eigenvalue weighted by Gasteiger charge is 2.38. The molecule has 4 heteroatoms. The third-order valence-electron chi connectivity index (χ3n) is 12.9. The van der Waals surface area contributed by atoms with E-state index in [9.17, 15) is 0 Å². The van der Waals surface area contributed by atoms with Gasteiger partial charge in [-0.2, -0.15) is 0 Å². The predicted octanol–water partition coefficient (Wildman–Crippen LogP) is 13.9. The fourth-order valence-corrected chi connectivity index (χ4v) is 9.92. The summed E-state index contributed by atoms with van der Waals surface area (Å²) < 4.78 is 14.0. The average molecular weight is 693 g/mol. The molecule has 4 aliphatic rings. The van der Waals surface area contributed by atoms with Gasteiger partial charge in [-0.25, -0.2) is 0 Å². The summed E-state index contributed by atoms with van der Waals surface area (Å²) in [5.74, 6) is 3.92. The van der Waals surface area contributed by atoms with Gasteiger partial charge >= 0.3 is 0 Å². The Morgan fingerprint density at radius 3 is 1.08 bits per heavy atom. The summed E-state index contributed by atoms with van der Waals surface area (Å²) in [6.45, 7) is 10.6. The molecule has 2 fully saturated rings. The van der Waals surface area contributed by atoms with Crippen LogP contribution in [-0.2, 0) is 13.1 Å². The molecule has 1 aromatic rings. The first-order valence-corrected chi connectivity index (χ1v) is 22.7. The van der Waals surface area contributed by atoms with Gasteiger partial charge in [-0.3, -0.25) is 9.80 Å². The number of fused-ring (bicyclic) bond motifs is 2. The van der Waals surface area contributed by atoms with Crippen LogP contribution in [0.4, 0.5) is 0 Å². The highest BCUT2D eigenvalue weighted by Crippen LogP contribution is 2.53. The lowest BCUT2D eigenvalue weighted by Crippen LogP contribution is -2.38. The zero-order valence-corrected chi connectivity index (χ0v) is 33.3. The molecule has 2 saturated carbocycles. The molecule has 0 amide bonds. The molecule has 2 aliphatic carbocycles. The highest BCUT2D eigenvalue weighted by molar-refractivity contribution is 5.63. The van der Waals surface area contributed by atoms with Gasteiger partial charge in [-0.1, -0.05) is 168 Å². The van der Waals surface area contributed by atoms with Crippen LogP contribution in [0.3, 0.4) is 0 Å². The first-order chi connectivity index (χ1) is 24.8. The van der Waals surface area contributed by atoms with Crippen molar-refractivity contribution in [3.05, 3.63) is 22.3 Å². The quantitative estimate of drug-likeness (QED) is 0.101. The minimum atomic E-state index is 0.640. The van der Waals surface area contributed by atoms with Crippen LogP contribution >= 0.6 is 0 Å². The monoisotopic (exact) mass is 693 g/mol. The van der Waals surface area contributed by atoms with Crippen molar-refractivity contribution < 1.29 is 9.47 Å². The first-order valence-electron chi connectivity index (χ1n) is 22.7. The van der Waals surface area contributed by atoms with E-state index in [1.54, 1.807) is 11.1 Å². The number of benzene rings is 1. The van der Waals surface area contributed by atoms with Crippen LogP contribution in [0.1, 0.15) is 241 Å². The standard InChI is InChI=1S/C46H80N2O2/c1-3-5-7-9-11-13-15-17-19-27-33-47-35-41-43(39-29-23-21-24-30-39)46-42(44(45(41)49-37-47)40-31-25-22-26-32-40)36-48(38-50-46)34-28-20-18-16-14-12-10-8-6-4-2/h39-40H,3-38H2,1-2H3. The lowest BCUT2D eigenvalue weighted by atomic mass is 9.75. The van der Waals surface area contributed by atoms with Crippen molar-refractivity contribution in [2.75, 3.05) is 26.6 Å². The molecule has 5 rings (SSSR count). The van der Waals surface area contributed by atoms with Gasteiger partial charge in [0.05, 0.1) is 0 Å². The number of rotatable bonds is 24. The van der Waals surface area contributed by atoms with Crippen molar-refractivity contribution in [2.45, 2.75) is 231 Å². The molecule has 286 valence electrons. The van der Waals surface area contributed by atoms with E-state index in [0.717, 1.165) is 26.6 Å². The van der Waals surface area contributed by atoms with Gasteiger partial charge in [-0.15, -0.1) is 0 Å². The Kier molecular flexibility index (Phi) is 18.7. The maximum Gasteiger partial charge on any atom is 0.142 e. The summed E-state index contributed by atoms with van der Waals surface area (Å²) >= 11 is 0. The largest absolute Gasteiger partial charge is 0.477 e. The van der Waals surface area contributed by atoms with Crippen molar-refractivity contribution in [1.82, 2.24) is 9.80 Å². The van der Waals surface area contributed by atoms with Gasteiger partial charge in [-0.05, 0) is 50.4 Å². The Morgan fingerprint density at radius 2 is 0.740 bits per heavy atom. The lowest BCUT2D eigenvalue weighted by molar-refractivity contribution is 0.0779. The molecule has 0 saturated heterocycles. The Labute approximate surface area is 310 Å². The van der Waals surface area contributed by atoms with E-state index in [-0.39, 0.29) is 0 Å². The summed E-state index contributed by atoms with van der Waals surface area (Å²) in [7, 11) is 0. The molecule has 0 spiro atoms. The van der Waals surface area contributed by atoms with Crippen molar-refractivity contribution in [3.63, 3.8) is 0 Å². The van der Waals surface area contributed by atoms with E-state index in [2.05, 4.69) is 23.6 Å². The topological polar surface area (TPSA) is 24.9 Å². The first kappa shape index (κ1) is 39.9. The maximum absolute atomic E-state index is 7.01. The molecule has 0 aromatic heterocycles. The fraction of sp³-hybridized carbons (Fsp3) is 0.870. The molecule has 0 bridgehead atoms. The van der Waals surface area contributed by atoms with Crippen LogP contribution in [0.2, 0.25) is 0 Å². The number of hydrogen-bond donors (Lipinski definition) is 0.